The predicted octanol–water partition coefficient (Wildman–Crippen LogP) is 4.12. The third kappa shape index (κ3) is 4.56. The van der Waals surface area contributed by atoms with Crippen LogP contribution >= 0.6 is 0 Å². The van der Waals surface area contributed by atoms with E-state index in [0.29, 0.717) is 18.8 Å². The number of aliphatic hydroxyl groups excluding tert-OH is 4. The van der Waals surface area contributed by atoms with Crippen LogP contribution in [-0.2, 0) is 19.1 Å². The van der Waals surface area contributed by atoms with Gasteiger partial charge in [-0.15, -0.1) is 0 Å². The van der Waals surface area contributed by atoms with Crippen molar-refractivity contribution < 1.29 is 49.7 Å². The van der Waals surface area contributed by atoms with Crippen LogP contribution in [0.3, 0.4) is 0 Å². The molecule has 0 spiro atoms. The minimum Gasteiger partial charge on any atom is -0.481 e. The van der Waals surface area contributed by atoms with Crippen molar-refractivity contribution in [3.8, 4) is 0 Å². The van der Waals surface area contributed by atoms with Gasteiger partial charge in [-0.05, 0) is 104 Å². The molecule has 6 N–H and O–H groups in total. The van der Waals surface area contributed by atoms with E-state index in [4.69, 9.17) is 9.47 Å². The Morgan fingerprint density at radius 3 is 2.17 bits per heavy atom. The number of rotatable bonds is 5. The molecule has 0 radical (unpaired) electrons. The highest BCUT2D eigenvalue weighted by molar-refractivity contribution is 5.76. The summed E-state index contributed by atoms with van der Waals surface area (Å²) < 4.78 is 11.8. The van der Waals surface area contributed by atoms with Gasteiger partial charge in [-0.25, -0.2) is 4.79 Å². The van der Waals surface area contributed by atoms with Crippen LogP contribution in [0.25, 0.3) is 0 Å². The molecule has 260 valence electrons. The van der Waals surface area contributed by atoms with Crippen molar-refractivity contribution in [2.75, 3.05) is 6.61 Å². The molecule has 14 atom stereocenters. The van der Waals surface area contributed by atoms with Gasteiger partial charge >= 0.3 is 11.9 Å². The Bertz CT molecular complexity index is 1280. The van der Waals surface area contributed by atoms with Crippen molar-refractivity contribution in [1.29, 1.82) is 0 Å². The van der Waals surface area contributed by atoms with Crippen LogP contribution in [0.5, 0.6) is 0 Å². The summed E-state index contributed by atoms with van der Waals surface area (Å²) >= 11 is 0. The van der Waals surface area contributed by atoms with Crippen molar-refractivity contribution in [3.05, 3.63) is 11.6 Å². The summed E-state index contributed by atoms with van der Waals surface area (Å²) in [6.07, 6.45) is 1.53. The zero-order chi connectivity index (χ0) is 33.8. The standard InChI is InChI=1S/C36H56O10/c1-31(2)13-15-36(30(43)44)16-14-34(5)19(20(36)17-31)7-8-22-32(3)11-10-23(33(4,18-37)21(32)9-12-35(22,34)6)45-29-26(40)24(38)25(39)27(46-29)28(41)42/h7,20-27,29,37-40H,8-18H2,1-6H3,(H,41,42)(H,43,44)/t20?,21?,22?,23-,24-,25-,26+,27-,29+,32-,33-,34+,35+,36-/m0/s1. The van der Waals surface area contributed by atoms with E-state index in [9.17, 15) is 40.2 Å². The third-order valence-corrected chi connectivity index (χ3v) is 15.3. The van der Waals surface area contributed by atoms with Gasteiger partial charge < -0.3 is 40.1 Å². The van der Waals surface area contributed by atoms with E-state index in [1.54, 1.807) is 0 Å². The molecule has 1 aliphatic heterocycles. The second kappa shape index (κ2) is 11.0. The lowest BCUT2D eigenvalue weighted by Gasteiger charge is -2.71. The monoisotopic (exact) mass is 648 g/mol. The summed E-state index contributed by atoms with van der Waals surface area (Å²) in [5, 5.41) is 62.4. The van der Waals surface area contributed by atoms with E-state index in [1.165, 1.54) is 5.57 Å². The van der Waals surface area contributed by atoms with Crippen LogP contribution in [-0.4, -0.2) is 86.0 Å². The van der Waals surface area contributed by atoms with E-state index in [2.05, 4.69) is 40.7 Å². The SMILES string of the molecule is CC1(C)CC[C@]2(C(=O)O)CC[C@]3(C)C(=CCC4[C@@]5(C)CC[C@H](O[C@@H]6O[C@H](C(=O)O)[C@@H](O)[C@H](O)[C@H]6O)[C@@](C)(CO)C5CC[C@]43C)C2C1. The zero-order valence-electron chi connectivity index (χ0n) is 28.4. The van der Waals surface area contributed by atoms with E-state index >= 15 is 0 Å². The smallest absolute Gasteiger partial charge is 0.335 e. The van der Waals surface area contributed by atoms with Crippen LogP contribution in [0.1, 0.15) is 106 Å². The summed E-state index contributed by atoms with van der Waals surface area (Å²) in [5.74, 6) is -1.70. The first kappa shape index (κ1) is 34.3. The van der Waals surface area contributed by atoms with Crippen LogP contribution in [0, 0.1) is 50.2 Å². The van der Waals surface area contributed by atoms with Crippen molar-refractivity contribution >= 4 is 11.9 Å². The number of hydrogen-bond acceptors (Lipinski definition) is 8. The molecule has 0 aromatic heterocycles. The molecule has 0 bridgehead atoms. The lowest BCUT2D eigenvalue weighted by molar-refractivity contribution is -0.327. The van der Waals surface area contributed by atoms with Gasteiger partial charge in [0, 0.05) is 5.41 Å². The maximum absolute atomic E-state index is 12.9. The normalized spacial score (nSPS) is 53.1. The minimum atomic E-state index is -1.80. The predicted molar refractivity (Wildman–Crippen MR) is 167 cm³/mol. The molecule has 10 heteroatoms. The summed E-state index contributed by atoms with van der Waals surface area (Å²) in [7, 11) is 0. The van der Waals surface area contributed by atoms with Crippen LogP contribution in [0.4, 0.5) is 0 Å². The van der Waals surface area contributed by atoms with E-state index in [0.717, 1.165) is 51.4 Å². The van der Waals surface area contributed by atoms with Crippen LogP contribution < -0.4 is 0 Å². The average Bonchev–Trinajstić information content (AvgIpc) is 2.98. The summed E-state index contributed by atoms with van der Waals surface area (Å²) in [6, 6.07) is 0. The van der Waals surface area contributed by atoms with Crippen molar-refractivity contribution in [2.45, 2.75) is 143 Å². The van der Waals surface area contributed by atoms with Gasteiger partial charge in [-0.2, -0.15) is 0 Å². The molecular weight excluding hydrogens is 592 g/mol. The van der Waals surface area contributed by atoms with Crippen molar-refractivity contribution in [1.82, 2.24) is 0 Å². The molecule has 6 aliphatic rings. The van der Waals surface area contributed by atoms with Gasteiger partial charge in [0.1, 0.15) is 18.3 Å². The quantitative estimate of drug-likeness (QED) is 0.188. The van der Waals surface area contributed by atoms with Gasteiger partial charge in [0.25, 0.3) is 0 Å². The molecule has 0 amide bonds. The Morgan fingerprint density at radius 1 is 0.870 bits per heavy atom. The number of carbonyl (C=O) groups is 2. The molecule has 6 rings (SSSR count). The fourth-order valence-electron chi connectivity index (χ4n) is 12.2. The number of hydrogen-bond donors (Lipinski definition) is 6. The summed E-state index contributed by atoms with van der Waals surface area (Å²) in [5.41, 5.74) is -0.309. The first-order chi connectivity index (χ1) is 21.3. The maximum Gasteiger partial charge on any atom is 0.335 e. The number of allylic oxidation sites excluding steroid dienone is 2. The highest BCUT2D eigenvalue weighted by Crippen LogP contribution is 2.76. The fraction of sp³-hybridized carbons (Fsp3) is 0.889. The average molecular weight is 649 g/mol. The van der Waals surface area contributed by atoms with Gasteiger partial charge in [-0.1, -0.05) is 53.2 Å². The van der Waals surface area contributed by atoms with Crippen molar-refractivity contribution in [2.24, 2.45) is 50.2 Å². The van der Waals surface area contributed by atoms with Gasteiger partial charge in [0.15, 0.2) is 12.4 Å². The lowest BCUT2D eigenvalue weighted by Crippen LogP contribution is -2.67. The molecule has 10 nitrogen and oxygen atoms in total. The first-order valence-electron chi connectivity index (χ1n) is 17.4. The van der Waals surface area contributed by atoms with Gasteiger partial charge in [0.05, 0.1) is 18.1 Å². The molecule has 0 aromatic carbocycles. The molecule has 0 aromatic rings. The molecular formula is C36H56O10. The molecule has 46 heavy (non-hydrogen) atoms. The van der Waals surface area contributed by atoms with Crippen molar-refractivity contribution in [3.63, 3.8) is 0 Å². The molecule has 1 heterocycles. The second-order valence-corrected chi connectivity index (χ2v) is 17.7. The maximum atomic E-state index is 12.9. The Morgan fingerprint density at radius 2 is 1.54 bits per heavy atom. The highest BCUT2D eigenvalue weighted by atomic mass is 16.7. The molecule has 5 aliphatic carbocycles. The first-order valence-corrected chi connectivity index (χ1v) is 17.4. The van der Waals surface area contributed by atoms with Crippen LogP contribution in [0.2, 0.25) is 0 Å². The molecule has 5 fully saturated rings. The Labute approximate surface area is 272 Å². The third-order valence-electron chi connectivity index (χ3n) is 15.3. The number of aliphatic hydroxyl groups is 4. The Hall–Kier alpha value is -1.56. The van der Waals surface area contributed by atoms with Gasteiger partial charge in [0.2, 0.25) is 0 Å². The molecule has 4 saturated carbocycles. The number of aliphatic carboxylic acids is 2. The second-order valence-electron chi connectivity index (χ2n) is 17.7. The number of carboxylic acid groups (broad SMARTS) is 2. The van der Waals surface area contributed by atoms with E-state index in [-0.39, 0.29) is 40.1 Å². The van der Waals surface area contributed by atoms with Crippen LogP contribution in [0.15, 0.2) is 11.6 Å². The number of carboxylic acids is 2. The van der Waals surface area contributed by atoms with E-state index in [1.807, 2.05) is 6.92 Å². The number of fused-ring (bicyclic) bond motifs is 7. The topological polar surface area (TPSA) is 174 Å². The van der Waals surface area contributed by atoms with E-state index < -0.39 is 59.6 Å². The Balaban J connectivity index is 1.31. The summed E-state index contributed by atoms with van der Waals surface area (Å²) in [4.78, 5) is 24.7. The largest absolute Gasteiger partial charge is 0.481 e. The number of ether oxygens (including phenoxy) is 2. The Kier molecular flexibility index (Phi) is 8.18. The zero-order valence-corrected chi connectivity index (χ0v) is 28.4. The van der Waals surface area contributed by atoms with Gasteiger partial charge in [-0.3, -0.25) is 4.79 Å². The lowest BCUT2D eigenvalue weighted by atomic mass is 9.33. The fourth-order valence-corrected chi connectivity index (χ4v) is 12.2. The molecule has 3 unspecified atom stereocenters. The highest BCUT2D eigenvalue weighted by Gasteiger charge is 2.70. The minimum absolute atomic E-state index is 0.0352. The molecule has 1 saturated heterocycles. The summed E-state index contributed by atoms with van der Waals surface area (Å²) in [6.45, 7) is 13.6.